The molecule has 0 fully saturated rings. The minimum absolute atomic E-state index is 0.0408. The van der Waals surface area contributed by atoms with E-state index in [0.29, 0.717) is 5.69 Å². The lowest BCUT2D eigenvalue weighted by molar-refractivity contribution is 1.01. The molecule has 0 saturated heterocycles. The van der Waals surface area contributed by atoms with Crippen molar-refractivity contribution in [1.29, 1.82) is 15.8 Å². The smallest absolute Gasteiger partial charge is 0.168 e. The van der Waals surface area contributed by atoms with Gasteiger partial charge in [0.1, 0.15) is 23.9 Å². The van der Waals surface area contributed by atoms with Crippen LogP contribution >= 0.6 is 11.8 Å². The van der Waals surface area contributed by atoms with Crippen molar-refractivity contribution in [3.05, 3.63) is 29.5 Å². The molecule has 0 radical (unpaired) electrons. The maximum atomic E-state index is 9.06. The predicted octanol–water partition coefficient (Wildman–Crippen LogP) is 2.21. The average molecular weight is 292 g/mol. The fourth-order valence-corrected chi connectivity index (χ4v) is 3.22. The number of nitriles is 3. The zero-order chi connectivity index (χ0) is 14.8. The Hall–Kier alpha value is -2.95. The summed E-state index contributed by atoms with van der Waals surface area (Å²) in [5, 5.41) is 30.6. The summed E-state index contributed by atoms with van der Waals surface area (Å²) in [6.07, 6.45) is 0. The zero-order valence-corrected chi connectivity index (χ0v) is 11.6. The Morgan fingerprint density at radius 2 is 2.05 bits per heavy atom. The minimum Gasteiger partial charge on any atom is -0.345 e. The van der Waals surface area contributed by atoms with Crippen molar-refractivity contribution in [2.24, 2.45) is 4.99 Å². The van der Waals surface area contributed by atoms with Crippen LogP contribution < -0.4 is 10.2 Å². The number of thioether (sulfide) groups is 1. The average Bonchev–Trinajstić information content (AvgIpc) is 3.08. The quantitative estimate of drug-likeness (QED) is 0.839. The number of anilines is 2. The second kappa shape index (κ2) is 5.20. The van der Waals surface area contributed by atoms with Crippen molar-refractivity contribution in [3.8, 4) is 18.2 Å². The minimum atomic E-state index is -0.226. The first-order valence-corrected chi connectivity index (χ1v) is 6.94. The maximum Gasteiger partial charge on any atom is 0.168 e. The molecule has 0 amide bonds. The van der Waals surface area contributed by atoms with Gasteiger partial charge in [-0.3, -0.25) is 4.99 Å². The number of amidine groups is 1. The lowest BCUT2D eigenvalue weighted by Crippen LogP contribution is -2.20. The molecule has 7 heteroatoms. The van der Waals surface area contributed by atoms with E-state index in [0.717, 1.165) is 28.8 Å². The molecule has 0 unspecified atom stereocenters. The fourth-order valence-electron chi connectivity index (χ4n) is 2.16. The Kier molecular flexibility index (Phi) is 3.23. The topological polar surface area (TPSA) is 99.0 Å². The Bertz CT molecular complexity index is 786. The summed E-state index contributed by atoms with van der Waals surface area (Å²) in [5.74, 6) is 0. The Morgan fingerprint density at radius 1 is 1.24 bits per heavy atom. The third-order valence-electron chi connectivity index (χ3n) is 3.11. The van der Waals surface area contributed by atoms with Gasteiger partial charge < -0.3 is 10.2 Å². The van der Waals surface area contributed by atoms with Crippen molar-refractivity contribution < 1.29 is 0 Å². The van der Waals surface area contributed by atoms with E-state index in [1.54, 1.807) is 23.9 Å². The number of fused-ring (bicyclic) bond motifs is 3. The fraction of sp³-hybridized carbons (Fsp3) is 0.143. The maximum absolute atomic E-state index is 9.06. The molecular weight excluding hydrogens is 284 g/mol. The first kappa shape index (κ1) is 13.1. The molecule has 0 aliphatic carbocycles. The van der Waals surface area contributed by atoms with E-state index in [1.165, 1.54) is 0 Å². The molecule has 1 aromatic rings. The standard InChI is InChI=1S/C14H8N6S/c15-6-9(7-16)11(8-17)19-10-1-2-13-12(5-10)20-4-3-18-14(20)21-13/h1-2,5,19H,3-4H2. The number of nitrogens with one attached hydrogen (secondary N) is 1. The number of hydrogen-bond acceptors (Lipinski definition) is 7. The van der Waals surface area contributed by atoms with Gasteiger partial charge in [-0.2, -0.15) is 15.8 Å². The summed E-state index contributed by atoms with van der Waals surface area (Å²) in [7, 11) is 0. The number of rotatable bonds is 2. The van der Waals surface area contributed by atoms with Gasteiger partial charge in [0.05, 0.1) is 12.2 Å². The molecule has 100 valence electrons. The van der Waals surface area contributed by atoms with Crippen LogP contribution in [0.15, 0.2) is 39.4 Å². The van der Waals surface area contributed by atoms with E-state index in [1.807, 2.05) is 24.3 Å². The molecule has 6 nitrogen and oxygen atoms in total. The van der Waals surface area contributed by atoms with Gasteiger partial charge in [0, 0.05) is 17.1 Å². The molecule has 0 atom stereocenters. The Balaban J connectivity index is 1.94. The highest BCUT2D eigenvalue weighted by Gasteiger charge is 2.29. The molecule has 1 N–H and O–H groups in total. The molecule has 3 rings (SSSR count). The van der Waals surface area contributed by atoms with Gasteiger partial charge in [-0.05, 0) is 30.0 Å². The predicted molar refractivity (Wildman–Crippen MR) is 79.4 cm³/mol. The van der Waals surface area contributed by atoms with Crippen LogP contribution in [0.4, 0.5) is 11.4 Å². The van der Waals surface area contributed by atoms with Gasteiger partial charge in [-0.15, -0.1) is 0 Å². The summed E-state index contributed by atoms with van der Waals surface area (Å²) in [4.78, 5) is 7.65. The number of benzene rings is 1. The van der Waals surface area contributed by atoms with Crippen molar-refractivity contribution in [2.75, 3.05) is 23.3 Å². The van der Waals surface area contributed by atoms with Crippen molar-refractivity contribution in [2.45, 2.75) is 4.90 Å². The summed E-state index contributed by atoms with van der Waals surface area (Å²) in [6.45, 7) is 1.64. The van der Waals surface area contributed by atoms with Crippen LogP contribution in [0.1, 0.15) is 0 Å². The summed E-state index contributed by atoms with van der Waals surface area (Å²) in [5.41, 5.74) is 1.44. The number of nitrogens with zero attached hydrogens (tertiary/aromatic N) is 5. The van der Waals surface area contributed by atoms with Crippen LogP contribution in [0, 0.1) is 34.0 Å². The first-order chi connectivity index (χ1) is 10.3. The van der Waals surface area contributed by atoms with Crippen molar-refractivity contribution in [3.63, 3.8) is 0 Å². The van der Waals surface area contributed by atoms with Crippen LogP contribution in [0.2, 0.25) is 0 Å². The third kappa shape index (κ3) is 2.18. The molecule has 0 saturated carbocycles. The molecule has 0 aromatic heterocycles. The normalized spacial score (nSPS) is 14.1. The number of aliphatic imine (C=N–C) groups is 1. The molecule has 1 aromatic carbocycles. The molecule has 2 aliphatic heterocycles. The van der Waals surface area contributed by atoms with Crippen molar-refractivity contribution >= 4 is 28.3 Å². The second-order valence-electron chi connectivity index (χ2n) is 4.31. The van der Waals surface area contributed by atoms with Crippen LogP contribution in [0.5, 0.6) is 0 Å². The Morgan fingerprint density at radius 3 is 2.76 bits per heavy atom. The van der Waals surface area contributed by atoms with Gasteiger partial charge in [-0.1, -0.05) is 0 Å². The van der Waals surface area contributed by atoms with Crippen LogP contribution in [-0.4, -0.2) is 18.3 Å². The van der Waals surface area contributed by atoms with E-state index in [9.17, 15) is 0 Å². The summed E-state index contributed by atoms with van der Waals surface area (Å²) in [6, 6.07) is 10.9. The highest BCUT2D eigenvalue weighted by molar-refractivity contribution is 8.14. The molecule has 2 heterocycles. The third-order valence-corrected chi connectivity index (χ3v) is 4.20. The highest BCUT2D eigenvalue weighted by Crippen LogP contribution is 2.43. The number of allylic oxidation sites excluding steroid dienone is 2. The number of hydrogen-bond donors (Lipinski definition) is 1. The first-order valence-electron chi connectivity index (χ1n) is 6.12. The molecule has 21 heavy (non-hydrogen) atoms. The van der Waals surface area contributed by atoms with Crippen LogP contribution in [0.3, 0.4) is 0 Å². The van der Waals surface area contributed by atoms with Gasteiger partial charge in [-0.25, -0.2) is 0 Å². The van der Waals surface area contributed by atoms with Gasteiger partial charge in [0.15, 0.2) is 10.7 Å². The van der Waals surface area contributed by atoms with Gasteiger partial charge in [0.25, 0.3) is 0 Å². The van der Waals surface area contributed by atoms with Crippen LogP contribution in [0.25, 0.3) is 0 Å². The second-order valence-corrected chi connectivity index (χ2v) is 5.32. The largest absolute Gasteiger partial charge is 0.345 e. The molecule has 2 aliphatic rings. The Labute approximate surface area is 125 Å². The molecule has 0 spiro atoms. The van der Waals surface area contributed by atoms with E-state index in [4.69, 9.17) is 15.8 Å². The molecule has 0 bridgehead atoms. The van der Waals surface area contributed by atoms with Gasteiger partial charge >= 0.3 is 0 Å². The summed E-state index contributed by atoms with van der Waals surface area (Å²) >= 11 is 1.62. The van der Waals surface area contributed by atoms with E-state index in [2.05, 4.69) is 15.2 Å². The monoisotopic (exact) mass is 292 g/mol. The molecular formula is C14H8N6S. The zero-order valence-electron chi connectivity index (χ0n) is 10.8. The van der Waals surface area contributed by atoms with E-state index in [-0.39, 0.29) is 11.3 Å². The van der Waals surface area contributed by atoms with Crippen LogP contribution in [-0.2, 0) is 0 Å². The van der Waals surface area contributed by atoms with E-state index >= 15 is 0 Å². The van der Waals surface area contributed by atoms with Crippen molar-refractivity contribution in [1.82, 2.24) is 0 Å². The van der Waals surface area contributed by atoms with E-state index < -0.39 is 0 Å². The SMILES string of the molecule is N#CC(C#N)=C(C#N)Nc1ccc2c(c1)N1CCN=C1S2. The lowest BCUT2D eigenvalue weighted by atomic mass is 10.2. The lowest BCUT2D eigenvalue weighted by Gasteiger charge is -2.13. The summed E-state index contributed by atoms with van der Waals surface area (Å²) < 4.78 is 0. The highest BCUT2D eigenvalue weighted by atomic mass is 32.2. The van der Waals surface area contributed by atoms with Gasteiger partial charge in [0.2, 0.25) is 0 Å².